The van der Waals surface area contributed by atoms with E-state index in [9.17, 15) is 14.4 Å². The molecule has 23 heavy (non-hydrogen) atoms. The van der Waals surface area contributed by atoms with E-state index >= 15 is 0 Å². The molecule has 0 saturated heterocycles. The number of carbonyl (C=O) groups is 3. The number of hydrogen-bond donors (Lipinski definition) is 2. The molecule has 0 fully saturated rings. The first kappa shape index (κ1) is 18.6. The van der Waals surface area contributed by atoms with E-state index in [1.807, 2.05) is 6.92 Å². The van der Waals surface area contributed by atoms with Crippen LogP contribution >= 0.6 is 0 Å². The third kappa shape index (κ3) is 7.42. The highest BCUT2D eigenvalue weighted by atomic mass is 16.6. The van der Waals surface area contributed by atoms with Gasteiger partial charge >= 0.3 is 5.97 Å². The summed E-state index contributed by atoms with van der Waals surface area (Å²) in [5, 5.41) is 5.37. The van der Waals surface area contributed by atoms with Crippen LogP contribution in [-0.4, -0.2) is 38.1 Å². The Morgan fingerprint density at radius 3 is 2.48 bits per heavy atom. The monoisotopic (exact) mass is 322 g/mol. The van der Waals surface area contributed by atoms with Crippen LogP contribution in [0.5, 0.6) is 0 Å². The number of amides is 2. The molecule has 0 aromatic heterocycles. The molecule has 1 aromatic carbocycles. The van der Waals surface area contributed by atoms with Gasteiger partial charge in [-0.15, -0.1) is 0 Å². The lowest BCUT2D eigenvalue weighted by molar-refractivity contribution is -0.145. The molecule has 0 radical (unpaired) electrons. The third-order valence-corrected chi connectivity index (χ3v) is 2.94. The SMILES string of the molecule is COCCOC(=O)CCC(=O)Nc1ccc(C)c(NC(C)=O)c1. The van der Waals surface area contributed by atoms with E-state index in [-0.39, 0.29) is 31.3 Å². The van der Waals surface area contributed by atoms with Crippen molar-refractivity contribution in [3.05, 3.63) is 23.8 Å². The molecule has 0 aliphatic heterocycles. The Balaban J connectivity index is 2.48. The number of methoxy groups -OCH3 is 1. The first-order chi connectivity index (χ1) is 10.9. The fraction of sp³-hybridized carbons (Fsp3) is 0.438. The second kappa shape index (κ2) is 9.58. The molecule has 126 valence electrons. The molecule has 7 nitrogen and oxygen atoms in total. The number of nitrogens with one attached hydrogen (secondary N) is 2. The molecule has 0 heterocycles. The maximum absolute atomic E-state index is 11.8. The summed E-state index contributed by atoms with van der Waals surface area (Å²) < 4.78 is 9.63. The highest BCUT2D eigenvalue weighted by molar-refractivity contribution is 5.94. The molecule has 0 aliphatic rings. The van der Waals surface area contributed by atoms with Crippen LogP contribution in [0.15, 0.2) is 18.2 Å². The van der Waals surface area contributed by atoms with E-state index in [0.717, 1.165) is 5.56 Å². The van der Waals surface area contributed by atoms with Gasteiger partial charge in [0.1, 0.15) is 6.61 Å². The molecule has 0 bridgehead atoms. The van der Waals surface area contributed by atoms with Gasteiger partial charge in [-0.1, -0.05) is 6.07 Å². The second-order valence-corrected chi connectivity index (χ2v) is 4.97. The average molecular weight is 322 g/mol. The summed E-state index contributed by atoms with van der Waals surface area (Å²) in [5.41, 5.74) is 2.08. The Morgan fingerprint density at radius 2 is 1.83 bits per heavy atom. The van der Waals surface area contributed by atoms with Gasteiger partial charge in [-0.05, 0) is 24.6 Å². The van der Waals surface area contributed by atoms with Crippen molar-refractivity contribution in [1.29, 1.82) is 0 Å². The van der Waals surface area contributed by atoms with E-state index in [2.05, 4.69) is 10.6 Å². The predicted molar refractivity (Wildman–Crippen MR) is 86.2 cm³/mol. The van der Waals surface area contributed by atoms with Crippen LogP contribution in [-0.2, 0) is 23.9 Å². The molecule has 2 N–H and O–H groups in total. The molecule has 0 unspecified atom stereocenters. The number of carbonyl (C=O) groups excluding carboxylic acids is 3. The van der Waals surface area contributed by atoms with Crippen molar-refractivity contribution in [2.45, 2.75) is 26.7 Å². The maximum atomic E-state index is 11.8. The number of rotatable bonds is 8. The molecule has 0 saturated carbocycles. The van der Waals surface area contributed by atoms with Gasteiger partial charge < -0.3 is 20.1 Å². The second-order valence-electron chi connectivity index (χ2n) is 4.97. The summed E-state index contributed by atoms with van der Waals surface area (Å²) in [6.45, 7) is 3.77. The minimum absolute atomic E-state index is 0.0000377. The molecule has 2 amide bonds. The zero-order chi connectivity index (χ0) is 17.2. The van der Waals surface area contributed by atoms with Crippen LogP contribution in [0, 0.1) is 6.92 Å². The minimum atomic E-state index is -0.444. The van der Waals surface area contributed by atoms with Gasteiger partial charge in [0.15, 0.2) is 0 Å². The first-order valence-corrected chi connectivity index (χ1v) is 7.25. The number of esters is 1. The number of aryl methyl sites for hydroxylation is 1. The van der Waals surface area contributed by atoms with Crippen LogP contribution in [0.2, 0.25) is 0 Å². The zero-order valence-electron chi connectivity index (χ0n) is 13.6. The molecule has 0 aliphatic carbocycles. The summed E-state index contributed by atoms with van der Waals surface area (Å²) in [4.78, 5) is 34.3. The van der Waals surface area contributed by atoms with Crippen molar-refractivity contribution >= 4 is 29.2 Å². The van der Waals surface area contributed by atoms with Crippen molar-refractivity contribution < 1.29 is 23.9 Å². The van der Waals surface area contributed by atoms with Crippen molar-refractivity contribution in [2.24, 2.45) is 0 Å². The van der Waals surface area contributed by atoms with Crippen LogP contribution in [0.3, 0.4) is 0 Å². The summed E-state index contributed by atoms with van der Waals surface area (Å²) in [7, 11) is 1.51. The van der Waals surface area contributed by atoms with E-state index in [1.165, 1.54) is 14.0 Å². The smallest absolute Gasteiger partial charge is 0.306 e. The molecule has 0 atom stereocenters. The van der Waals surface area contributed by atoms with Gasteiger partial charge in [0.05, 0.1) is 13.0 Å². The number of benzene rings is 1. The zero-order valence-corrected chi connectivity index (χ0v) is 13.6. The fourth-order valence-electron chi connectivity index (χ4n) is 1.77. The highest BCUT2D eigenvalue weighted by Gasteiger charge is 2.09. The lowest BCUT2D eigenvalue weighted by Crippen LogP contribution is -2.16. The highest BCUT2D eigenvalue weighted by Crippen LogP contribution is 2.20. The summed E-state index contributed by atoms with van der Waals surface area (Å²) in [5.74, 6) is -0.929. The Morgan fingerprint density at radius 1 is 1.09 bits per heavy atom. The molecular formula is C16H22N2O5. The summed E-state index contributed by atoms with van der Waals surface area (Å²) in [6.07, 6.45) is 0.0229. The van der Waals surface area contributed by atoms with Crippen molar-refractivity contribution in [3.63, 3.8) is 0 Å². The fourth-order valence-corrected chi connectivity index (χ4v) is 1.77. The molecule has 1 rings (SSSR count). The van der Waals surface area contributed by atoms with E-state index < -0.39 is 5.97 Å². The Bertz CT molecular complexity index is 572. The maximum Gasteiger partial charge on any atom is 0.306 e. The van der Waals surface area contributed by atoms with Crippen LogP contribution in [0.1, 0.15) is 25.3 Å². The molecule has 7 heteroatoms. The van der Waals surface area contributed by atoms with Crippen LogP contribution in [0.25, 0.3) is 0 Å². The van der Waals surface area contributed by atoms with Crippen LogP contribution in [0.4, 0.5) is 11.4 Å². The van der Waals surface area contributed by atoms with Gasteiger partial charge in [0.25, 0.3) is 0 Å². The largest absolute Gasteiger partial charge is 0.463 e. The Hall–Kier alpha value is -2.41. The molecule has 0 spiro atoms. The molecular weight excluding hydrogens is 300 g/mol. The topological polar surface area (TPSA) is 93.7 Å². The van der Waals surface area contributed by atoms with Gasteiger partial charge in [-0.3, -0.25) is 14.4 Å². The summed E-state index contributed by atoms with van der Waals surface area (Å²) >= 11 is 0. The van der Waals surface area contributed by atoms with Crippen LogP contribution < -0.4 is 10.6 Å². The number of hydrogen-bond acceptors (Lipinski definition) is 5. The van der Waals surface area contributed by atoms with E-state index in [1.54, 1.807) is 18.2 Å². The van der Waals surface area contributed by atoms with Gasteiger partial charge in [0.2, 0.25) is 11.8 Å². The Labute approximate surface area is 135 Å². The van der Waals surface area contributed by atoms with Gasteiger partial charge in [0, 0.05) is 31.8 Å². The predicted octanol–water partition coefficient (Wildman–Crippen LogP) is 1.86. The lowest BCUT2D eigenvalue weighted by atomic mass is 10.1. The van der Waals surface area contributed by atoms with Crippen molar-refractivity contribution in [1.82, 2.24) is 0 Å². The number of ether oxygens (including phenoxy) is 2. The Kier molecular flexibility index (Phi) is 7.76. The van der Waals surface area contributed by atoms with Gasteiger partial charge in [-0.2, -0.15) is 0 Å². The lowest BCUT2D eigenvalue weighted by Gasteiger charge is -2.10. The van der Waals surface area contributed by atoms with Gasteiger partial charge in [-0.25, -0.2) is 0 Å². The molecule has 1 aromatic rings. The van der Waals surface area contributed by atoms with E-state index in [4.69, 9.17) is 9.47 Å². The quantitative estimate of drug-likeness (QED) is 0.563. The van der Waals surface area contributed by atoms with Crippen molar-refractivity contribution in [3.8, 4) is 0 Å². The minimum Gasteiger partial charge on any atom is -0.463 e. The number of anilines is 2. The van der Waals surface area contributed by atoms with Crippen molar-refractivity contribution in [2.75, 3.05) is 31.0 Å². The average Bonchev–Trinajstić information content (AvgIpc) is 2.48. The van der Waals surface area contributed by atoms with E-state index in [0.29, 0.717) is 18.0 Å². The summed E-state index contributed by atoms with van der Waals surface area (Å²) in [6, 6.07) is 5.20. The third-order valence-electron chi connectivity index (χ3n) is 2.94. The first-order valence-electron chi connectivity index (χ1n) is 7.25. The standard InChI is InChI=1S/C16H22N2O5/c1-11-4-5-13(10-14(11)17-12(2)19)18-15(20)6-7-16(21)23-9-8-22-3/h4-5,10H,6-9H2,1-3H3,(H,17,19)(H,18,20). The normalized spacial score (nSPS) is 10.0.